The zero-order chi connectivity index (χ0) is 23.6. The maximum absolute atomic E-state index is 12.5. The van der Waals surface area contributed by atoms with E-state index < -0.39 is 24.0 Å². The fourth-order valence-electron chi connectivity index (χ4n) is 3.86. The van der Waals surface area contributed by atoms with E-state index in [2.05, 4.69) is 28.7 Å². The van der Waals surface area contributed by atoms with Crippen molar-refractivity contribution in [1.29, 1.82) is 0 Å². The van der Waals surface area contributed by atoms with Crippen LogP contribution in [-0.2, 0) is 19.1 Å². The van der Waals surface area contributed by atoms with Gasteiger partial charge in [0.05, 0.1) is 6.54 Å². The van der Waals surface area contributed by atoms with Crippen LogP contribution in [0.4, 0.5) is 4.79 Å². The van der Waals surface area contributed by atoms with E-state index in [9.17, 15) is 14.4 Å². The number of amides is 2. The van der Waals surface area contributed by atoms with E-state index in [1.54, 1.807) is 7.11 Å². The zero-order valence-corrected chi connectivity index (χ0v) is 18.3. The Kier molecular flexibility index (Phi) is 8.44. The third kappa shape index (κ3) is 6.34. The average Bonchev–Trinajstić information content (AvgIpc) is 3.13. The van der Waals surface area contributed by atoms with Crippen LogP contribution < -0.4 is 10.6 Å². The predicted molar refractivity (Wildman–Crippen MR) is 122 cm³/mol. The van der Waals surface area contributed by atoms with Crippen molar-refractivity contribution in [3.05, 3.63) is 59.7 Å². The van der Waals surface area contributed by atoms with Gasteiger partial charge < -0.3 is 25.2 Å². The number of fused-ring (bicyclic) bond motifs is 3. The van der Waals surface area contributed by atoms with Crippen molar-refractivity contribution in [2.24, 2.45) is 0 Å². The Hall–Kier alpha value is -3.83. The molecule has 0 saturated carbocycles. The van der Waals surface area contributed by atoms with Gasteiger partial charge in [-0.15, -0.1) is 0 Å². The number of alkyl carbamates (subject to hydrolysis) is 1. The van der Waals surface area contributed by atoms with Crippen LogP contribution in [0, 0.1) is 11.8 Å². The van der Waals surface area contributed by atoms with Crippen LogP contribution in [0.25, 0.3) is 11.1 Å². The number of ether oxygens (including phenoxy) is 2. The highest BCUT2D eigenvalue weighted by molar-refractivity contribution is 5.87. The van der Waals surface area contributed by atoms with Gasteiger partial charge in [-0.2, -0.15) is 0 Å². The first kappa shape index (κ1) is 23.8. The molecule has 1 aliphatic carbocycles. The summed E-state index contributed by atoms with van der Waals surface area (Å²) in [6.45, 7) is 0.420. The van der Waals surface area contributed by atoms with Crippen LogP contribution in [0.5, 0.6) is 0 Å². The first-order chi connectivity index (χ1) is 16.0. The van der Waals surface area contributed by atoms with Gasteiger partial charge in [0, 0.05) is 25.6 Å². The maximum Gasteiger partial charge on any atom is 0.407 e. The van der Waals surface area contributed by atoms with Gasteiger partial charge in [-0.1, -0.05) is 54.5 Å². The smallest absolute Gasteiger partial charge is 0.407 e. The standard InChI is InChI=1S/C25H26N2O6/c1-32-15-7-12-22(24(30)26-14-6-13-23(28)29)27-25(31)33-16-21-19-10-4-2-8-17(19)18-9-3-5-11-20(18)21/h2-5,8-11,21-22H,7,12,14-16H2,1H3,(H,26,30)(H,27,31)(H,28,29). The number of carboxylic acids is 1. The third-order valence-electron chi connectivity index (χ3n) is 5.34. The number of aliphatic carboxylic acids is 1. The number of carboxylic acid groups (broad SMARTS) is 1. The predicted octanol–water partition coefficient (Wildman–Crippen LogP) is 2.52. The Morgan fingerprint density at radius 3 is 2.30 bits per heavy atom. The fourth-order valence-corrected chi connectivity index (χ4v) is 3.86. The largest absolute Gasteiger partial charge is 0.472 e. The fraction of sp³-hybridized carbons (Fsp3) is 0.320. The number of hydrogen-bond donors (Lipinski definition) is 3. The Morgan fingerprint density at radius 2 is 1.70 bits per heavy atom. The molecule has 0 spiro atoms. The minimum atomic E-state index is -1.28. The van der Waals surface area contributed by atoms with Gasteiger partial charge in [0.25, 0.3) is 0 Å². The molecule has 0 fully saturated rings. The highest BCUT2D eigenvalue weighted by atomic mass is 16.5. The van der Waals surface area contributed by atoms with Crippen LogP contribution in [0.15, 0.2) is 48.5 Å². The summed E-state index contributed by atoms with van der Waals surface area (Å²) >= 11 is 0. The average molecular weight is 450 g/mol. The quantitative estimate of drug-likeness (QED) is 0.400. The zero-order valence-electron chi connectivity index (χ0n) is 18.3. The SMILES string of the molecule is COCCCC(NC(=O)OCC1c2ccccc2-c2ccccc21)C(=O)NCC#CC(=O)O. The maximum atomic E-state index is 12.5. The van der Waals surface area contributed by atoms with Crippen LogP contribution in [0.2, 0.25) is 0 Å². The second kappa shape index (κ2) is 11.7. The number of carbonyl (C=O) groups is 3. The lowest BCUT2D eigenvalue weighted by Gasteiger charge is -2.19. The molecule has 33 heavy (non-hydrogen) atoms. The summed E-state index contributed by atoms with van der Waals surface area (Å²) in [5.74, 6) is 2.40. The summed E-state index contributed by atoms with van der Waals surface area (Å²) in [6, 6.07) is 15.2. The molecule has 1 unspecified atom stereocenters. The molecule has 2 aromatic carbocycles. The van der Waals surface area contributed by atoms with E-state index in [1.807, 2.05) is 42.3 Å². The summed E-state index contributed by atoms with van der Waals surface area (Å²) in [7, 11) is 1.55. The number of carbonyl (C=O) groups excluding carboxylic acids is 2. The highest BCUT2D eigenvalue weighted by Gasteiger charge is 2.29. The molecular weight excluding hydrogens is 424 g/mol. The van der Waals surface area contributed by atoms with Crippen LogP contribution in [-0.4, -0.2) is 56.0 Å². The molecule has 8 nitrogen and oxygen atoms in total. The lowest BCUT2D eigenvalue weighted by Crippen LogP contribution is -2.47. The molecule has 8 heteroatoms. The molecule has 0 aliphatic heterocycles. The molecule has 2 aromatic rings. The molecule has 1 atom stereocenters. The Balaban J connectivity index is 1.61. The number of methoxy groups -OCH3 is 1. The Morgan fingerprint density at radius 1 is 1.06 bits per heavy atom. The van der Waals surface area contributed by atoms with Crippen LogP contribution >= 0.6 is 0 Å². The van der Waals surface area contributed by atoms with Crippen molar-refractivity contribution < 1.29 is 29.0 Å². The van der Waals surface area contributed by atoms with Crippen molar-refractivity contribution in [3.8, 4) is 23.0 Å². The summed E-state index contributed by atoms with van der Waals surface area (Å²) in [5, 5.41) is 13.7. The monoisotopic (exact) mass is 450 g/mol. The van der Waals surface area contributed by atoms with E-state index in [0.29, 0.717) is 19.4 Å². The van der Waals surface area contributed by atoms with Crippen molar-refractivity contribution >= 4 is 18.0 Å². The highest BCUT2D eigenvalue weighted by Crippen LogP contribution is 2.44. The second-order valence-electron chi connectivity index (χ2n) is 7.48. The van der Waals surface area contributed by atoms with E-state index >= 15 is 0 Å². The summed E-state index contributed by atoms with van der Waals surface area (Å²) < 4.78 is 10.5. The van der Waals surface area contributed by atoms with Gasteiger partial charge in [-0.25, -0.2) is 9.59 Å². The van der Waals surface area contributed by atoms with Crippen LogP contribution in [0.3, 0.4) is 0 Å². The van der Waals surface area contributed by atoms with Gasteiger partial charge in [-0.3, -0.25) is 4.79 Å². The van der Waals surface area contributed by atoms with Gasteiger partial charge in [0.1, 0.15) is 12.6 Å². The summed E-state index contributed by atoms with van der Waals surface area (Å²) in [5.41, 5.74) is 4.44. The molecule has 1 aliphatic rings. The van der Waals surface area contributed by atoms with Crippen molar-refractivity contribution in [1.82, 2.24) is 10.6 Å². The third-order valence-corrected chi connectivity index (χ3v) is 5.34. The van der Waals surface area contributed by atoms with E-state index in [4.69, 9.17) is 14.6 Å². The lowest BCUT2D eigenvalue weighted by molar-refractivity contribution is -0.130. The molecule has 172 valence electrons. The minimum Gasteiger partial charge on any atom is -0.472 e. The van der Waals surface area contributed by atoms with Gasteiger partial charge >= 0.3 is 12.1 Å². The molecule has 3 rings (SSSR count). The minimum absolute atomic E-state index is 0.0878. The van der Waals surface area contributed by atoms with Gasteiger partial charge in [-0.05, 0) is 35.1 Å². The van der Waals surface area contributed by atoms with Crippen molar-refractivity contribution in [2.45, 2.75) is 24.8 Å². The first-order valence-electron chi connectivity index (χ1n) is 10.6. The number of nitrogens with one attached hydrogen (secondary N) is 2. The Bertz CT molecular complexity index is 1030. The molecule has 2 amide bonds. The van der Waals surface area contributed by atoms with E-state index in [1.165, 1.54) is 0 Å². The number of rotatable bonds is 9. The first-order valence-corrected chi connectivity index (χ1v) is 10.6. The number of hydrogen-bond acceptors (Lipinski definition) is 5. The molecule has 3 N–H and O–H groups in total. The normalized spacial score (nSPS) is 12.5. The van der Waals surface area contributed by atoms with Gasteiger partial charge in [0.2, 0.25) is 5.91 Å². The Labute approximate surface area is 192 Å². The topological polar surface area (TPSA) is 114 Å². The summed E-state index contributed by atoms with van der Waals surface area (Å²) in [4.78, 5) is 35.5. The second-order valence-corrected chi connectivity index (χ2v) is 7.48. The molecule has 0 heterocycles. The lowest BCUT2D eigenvalue weighted by atomic mass is 9.98. The molecule has 0 radical (unpaired) electrons. The van der Waals surface area contributed by atoms with Gasteiger partial charge in [0.15, 0.2) is 0 Å². The number of benzene rings is 2. The van der Waals surface area contributed by atoms with Crippen molar-refractivity contribution in [2.75, 3.05) is 26.9 Å². The summed E-state index contributed by atoms with van der Waals surface area (Å²) in [6.07, 6.45) is 0.168. The molecule has 0 saturated heterocycles. The molecular formula is C25H26N2O6. The van der Waals surface area contributed by atoms with Crippen LogP contribution in [0.1, 0.15) is 29.9 Å². The van der Waals surface area contributed by atoms with Crippen molar-refractivity contribution in [3.63, 3.8) is 0 Å². The molecule has 0 bridgehead atoms. The van der Waals surface area contributed by atoms with E-state index in [-0.39, 0.29) is 19.1 Å². The molecule has 0 aromatic heterocycles. The van der Waals surface area contributed by atoms with E-state index in [0.717, 1.165) is 22.3 Å².